The third-order valence-corrected chi connectivity index (χ3v) is 5.15. The van der Waals surface area contributed by atoms with Gasteiger partial charge in [-0.05, 0) is 53.1 Å². The molecule has 0 N–H and O–H groups in total. The fraction of sp³-hybridized carbons (Fsp3) is 0.750. The second-order valence-electron chi connectivity index (χ2n) is 6.47. The van der Waals surface area contributed by atoms with Crippen LogP contribution in [0.15, 0.2) is 4.52 Å². The Hall–Kier alpha value is -1.36. The Bertz CT molecular complexity index is 506. The van der Waals surface area contributed by atoms with E-state index in [1.807, 2.05) is 13.8 Å². The number of hydrogen-bond acceptors (Lipinski definition) is 4. The predicted octanol–water partition coefficient (Wildman–Crippen LogP) is 1.92. The fourth-order valence-electron chi connectivity index (χ4n) is 3.93. The number of likely N-dealkylation sites (N-methyl/N-ethyl adjacent to an activating group) is 1. The molecule has 0 radical (unpaired) electrons. The zero-order valence-corrected chi connectivity index (χ0v) is 13.3. The van der Waals surface area contributed by atoms with E-state index in [9.17, 15) is 4.79 Å². The van der Waals surface area contributed by atoms with Gasteiger partial charge < -0.3 is 14.3 Å². The van der Waals surface area contributed by atoms with Crippen molar-refractivity contribution >= 4 is 5.91 Å². The van der Waals surface area contributed by atoms with E-state index in [-0.39, 0.29) is 5.91 Å². The van der Waals surface area contributed by atoms with Crippen molar-refractivity contribution in [2.24, 2.45) is 0 Å². The van der Waals surface area contributed by atoms with Gasteiger partial charge in [0.2, 0.25) is 5.91 Å². The molecular weight excluding hydrogens is 266 g/mol. The highest BCUT2D eigenvalue weighted by Crippen LogP contribution is 2.29. The number of hydrogen-bond donors (Lipinski definition) is 0. The molecule has 3 rings (SSSR count). The van der Waals surface area contributed by atoms with Crippen molar-refractivity contribution in [1.29, 1.82) is 0 Å². The zero-order valence-electron chi connectivity index (χ0n) is 13.3. The molecule has 5 heteroatoms. The molecule has 1 aromatic heterocycles. The largest absolute Gasteiger partial charge is 0.361 e. The van der Waals surface area contributed by atoms with Crippen molar-refractivity contribution in [3.05, 3.63) is 17.0 Å². The first-order chi connectivity index (χ1) is 10.1. The van der Waals surface area contributed by atoms with Gasteiger partial charge in [0, 0.05) is 24.2 Å². The predicted molar refractivity (Wildman–Crippen MR) is 80.1 cm³/mol. The van der Waals surface area contributed by atoms with Crippen LogP contribution in [-0.4, -0.2) is 53.1 Å². The first kappa shape index (κ1) is 14.6. The van der Waals surface area contributed by atoms with E-state index >= 15 is 0 Å². The van der Waals surface area contributed by atoms with Crippen LogP contribution in [0.5, 0.6) is 0 Å². The molecule has 21 heavy (non-hydrogen) atoms. The van der Waals surface area contributed by atoms with Gasteiger partial charge in [0.1, 0.15) is 5.76 Å². The lowest BCUT2D eigenvalue weighted by Crippen LogP contribution is -2.47. The highest BCUT2D eigenvalue weighted by atomic mass is 16.5. The average Bonchev–Trinajstić information content (AvgIpc) is 3.14. The maximum atomic E-state index is 12.7. The molecule has 2 saturated heterocycles. The first-order valence-corrected chi connectivity index (χ1v) is 7.99. The van der Waals surface area contributed by atoms with E-state index in [1.165, 1.54) is 12.8 Å². The fourth-order valence-corrected chi connectivity index (χ4v) is 3.93. The van der Waals surface area contributed by atoms with Crippen molar-refractivity contribution in [1.82, 2.24) is 15.0 Å². The minimum atomic E-state index is 0.229. The van der Waals surface area contributed by atoms with Crippen LogP contribution in [0.3, 0.4) is 0 Å². The molecular formula is C16H25N3O2. The van der Waals surface area contributed by atoms with E-state index in [0.717, 1.165) is 42.9 Å². The maximum Gasteiger partial charge on any atom is 0.227 e. The summed E-state index contributed by atoms with van der Waals surface area (Å²) < 4.78 is 5.17. The molecule has 2 aliphatic rings. The van der Waals surface area contributed by atoms with Gasteiger partial charge in [0.05, 0.1) is 12.1 Å². The van der Waals surface area contributed by atoms with Gasteiger partial charge in [-0.25, -0.2) is 0 Å². The van der Waals surface area contributed by atoms with E-state index in [1.54, 1.807) is 0 Å². The summed E-state index contributed by atoms with van der Waals surface area (Å²) in [5.74, 6) is 1.00. The third-order valence-electron chi connectivity index (χ3n) is 5.15. The Morgan fingerprint density at radius 2 is 1.95 bits per heavy atom. The standard InChI is InChI=1S/C16H25N3O2/c1-11-13(12(2)21-17-11)10-16(20)19-9-5-7-15(19)14-6-4-8-18(14)3/h14-15H,4-10H2,1-3H3/t14-,15+/m0/s1. The number of aromatic nitrogens is 1. The lowest BCUT2D eigenvalue weighted by molar-refractivity contribution is -0.132. The number of likely N-dealkylation sites (tertiary alicyclic amines) is 2. The Balaban J connectivity index is 1.71. The number of rotatable bonds is 3. The summed E-state index contributed by atoms with van der Waals surface area (Å²) in [5.41, 5.74) is 1.81. The van der Waals surface area contributed by atoms with Crippen molar-refractivity contribution < 1.29 is 9.32 Å². The Labute approximate surface area is 126 Å². The van der Waals surface area contributed by atoms with E-state index in [2.05, 4.69) is 22.0 Å². The van der Waals surface area contributed by atoms with Gasteiger partial charge in [-0.15, -0.1) is 0 Å². The van der Waals surface area contributed by atoms with Gasteiger partial charge in [0.25, 0.3) is 0 Å². The minimum Gasteiger partial charge on any atom is -0.361 e. The van der Waals surface area contributed by atoms with Crippen LogP contribution >= 0.6 is 0 Å². The number of carbonyl (C=O) groups is 1. The molecule has 3 heterocycles. The van der Waals surface area contributed by atoms with Crippen LogP contribution in [0.2, 0.25) is 0 Å². The molecule has 116 valence electrons. The highest BCUT2D eigenvalue weighted by Gasteiger charge is 2.38. The van der Waals surface area contributed by atoms with Crippen LogP contribution in [0.4, 0.5) is 0 Å². The summed E-state index contributed by atoms with van der Waals surface area (Å²) in [6.45, 7) is 5.85. The second-order valence-corrected chi connectivity index (χ2v) is 6.47. The van der Waals surface area contributed by atoms with E-state index < -0.39 is 0 Å². The zero-order chi connectivity index (χ0) is 15.0. The van der Waals surface area contributed by atoms with Crippen LogP contribution in [-0.2, 0) is 11.2 Å². The molecule has 0 bridgehead atoms. The van der Waals surface area contributed by atoms with Gasteiger partial charge in [-0.3, -0.25) is 4.79 Å². The number of aryl methyl sites for hydroxylation is 2. The molecule has 0 aliphatic carbocycles. The van der Waals surface area contributed by atoms with Crippen molar-refractivity contribution in [2.75, 3.05) is 20.1 Å². The Morgan fingerprint density at radius 1 is 1.24 bits per heavy atom. The summed E-state index contributed by atoms with van der Waals surface area (Å²) in [7, 11) is 2.19. The number of carbonyl (C=O) groups excluding carboxylic acids is 1. The molecule has 2 aliphatic heterocycles. The van der Waals surface area contributed by atoms with Crippen molar-refractivity contribution in [3.8, 4) is 0 Å². The summed E-state index contributed by atoms with van der Waals surface area (Å²) in [6.07, 6.45) is 5.17. The van der Waals surface area contributed by atoms with E-state index in [0.29, 0.717) is 18.5 Å². The van der Waals surface area contributed by atoms with Crippen molar-refractivity contribution in [3.63, 3.8) is 0 Å². The summed E-state index contributed by atoms with van der Waals surface area (Å²) in [5, 5.41) is 3.95. The summed E-state index contributed by atoms with van der Waals surface area (Å²) in [6, 6.07) is 0.937. The van der Waals surface area contributed by atoms with Gasteiger partial charge in [0.15, 0.2) is 0 Å². The summed E-state index contributed by atoms with van der Waals surface area (Å²) >= 11 is 0. The molecule has 0 saturated carbocycles. The monoisotopic (exact) mass is 291 g/mol. The lowest BCUT2D eigenvalue weighted by atomic mass is 10.0. The third kappa shape index (κ3) is 2.71. The van der Waals surface area contributed by atoms with Crippen LogP contribution in [0.1, 0.15) is 42.7 Å². The Kier molecular flexibility index (Phi) is 4.02. The number of amides is 1. The first-order valence-electron chi connectivity index (χ1n) is 7.99. The molecule has 0 aromatic carbocycles. The van der Waals surface area contributed by atoms with Crippen molar-refractivity contribution in [2.45, 2.75) is 58.0 Å². The second kappa shape index (κ2) is 5.79. The molecule has 1 aromatic rings. The van der Waals surface area contributed by atoms with Gasteiger partial charge in [-0.2, -0.15) is 0 Å². The maximum absolute atomic E-state index is 12.7. The highest BCUT2D eigenvalue weighted by molar-refractivity contribution is 5.80. The molecule has 2 fully saturated rings. The molecule has 1 amide bonds. The topological polar surface area (TPSA) is 49.6 Å². The smallest absolute Gasteiger partial charge is 0.227 e. The van der Waals surface area contributed by atoms with Crippen LogP contribution in [0.25, 0.3) is 0 Å². The van der Waals surface area contributed by atoms with Gasteiger partial charge in [-0.1, -0.05) is 5.16 Å². The summed E-state index contributed by atoms with van der Waals surface area (Å²) in [4.78, 5) is 17.3. The van der Waals surface area contributed by atoms with Crippen LogP contribution < -0.4 is 0 Å². The van der Waals surface area contributed by atoms with Crippen LogP contribution in [0, 0.1) is 13.8 Å². The molecule has 0 unspecified atom stereocenters. The SMILES string of the molecule is Cc1noc(C)c1CC(=O)N1CCC[C@@H]1[C@@H]1CCCN1C. The molecule has 2 atom stereocenters. The lowest BCUT2D eigenvalue weighted by Gasteiger charge is -2.33. The number of nitrogens with zero attached hydrogens (tertiary/aromatic N) is 3. The minimum absolute atomic E-state index is 0.229. The van der Waals surface area contributed by atoms with Gasteiger partial charge >= 0.3 is 0 Å². The molecule has 5 nitrogen and oxygen atoms in total. The van der Waals surface area contributed by atoms with E-state index in [4.69, 9.17) is 4.52 Å². The molecule has 0 spiro atoms. The normalized spacial score (nSPS) is 26.7. The average molecular weight is 291 g/mol. The quantitative estimate of drug-likeness (QED) is 0.853. The Morgan fingerprint density at radius 3 is 2.57 bits per heavy atom.